The fraction of sp³-hybridized carbons (Fsp3) is 0.917. The third-order valence-corrected chi connectivity index (χ3v) is 3.89. The summed E-state index contributed by atoms with van der Waals surface area (Å²) in [4.78, 5) is 2.54. The van der Waals surface area contributed by atoms with E-state index in [1.165, 1.54) is 38.8 Å². The Bertz CT molecular complexity index is 219. The topological polar surface area (TPSA) is 27.0 Å². The molecule has 1 aliphatic carbocycles. The Morgan fingerprint density at radius 3 is 2.57 bits per heavy atom. The molecular weight excluding hydrogens is 172 g/mol. The molecule has 0 amide bonds. The zero-order valence-corrected chi connectivity index (χ0v) is 9.08. The molecule has 2 heteroatoms. The second-order valence-electron chi connectivity index (χ2n) is 5.06. The van der Waals surface area contributed by atoms with Crippen molar-refractivity contribution in [3.8, 4) is 6.07 Å². The van der Waals surface area contributed by atoms with Gasteiger partial charge in [-0.05, 0) is 38.0 Å². The fourth-order valence-corrected chi connectivity index (χ4v) is 3.09. The highest BCUT2D eigenvalue weighted by Crippen LogP contribution is 2.35. The lowest BCUT2D eigenvalue weighted by Gasteiger charge is -2.43. The predicted octanol–water partition coefficient (Wildman–Crippen LogP) is 2.41. The van der Waals surface area contributed by atoms with Crippen molar-refractivity contribution in [2.45, 2.75) is 45.1 Å². The highest BCUT2D eigenvalue weighted by Gasteiger charge is 2.31. The van der Waals surface area contributed by atoms with Crippen molar-refractivity contribution in [3.63, 3.8) is 0 Å². The minimum absolute atomic E-state index is 0.475. The van der Waals surface area contributed by atoms with Crippen LogP contribution >= 0.6 is 0 Å². The van der Waals surface area contributed by atoms with E-state index in [1.807, 2.05) is 0 Å². The first-order valence-corrected chi connectivity index (χ1v) is 5.90. The summed E-state index contributed by atoms with van der Waals surface area (Å²) in [5.74, 6) is 1.87. The van der Waals surface area contributed by atoms with Crippen molar-refractivity contribution in [1.29, 1.82) is 5.26 Å². The van der Waals surface area contributed by atoms with Gasteiger partial charge in [-0.25, -0.2) is 0 Å². The van der Waals surface area contributed by atoms with Crippen LogP contribution in [0.2, 0.25) is 0 Å². The van der Waals surface area contributed by atoms with E-state index in [9.17, 15) is 0 Å². The van der Waals surface area contributed by atoms with E-state index in [0.29, 0.717) is 12.5 Å². The molecule has 14 heavy (non-hydrogen) atoms. The van der Waals surface area contributed by atoms with Crippen LogP contribution in [0.15, 0.2) is 0 Å². The first-order valence-electron chi connectivity index (χ1n) is 5.90. The van der Waals surface area contributed by atoms with Gasteiger partial charge in [-0.3, -0.25) is 4.90 Å². The molecule has 1 saturated heterocycles. The summed E-state index contributed by atoms with van der Waals surface area (Å²) in [5.41, 5.74) is 0. The van der Waals surface area contributed by atoms with E-state index in [1.54, 1.807) is 0 Å². The maximum Gasteiger partial charge on any atom is 0.0638 e. The lowest BCUT2D eigenvalue weighted by molar-refractivity contribution is 0.0599. The van der Waals surface area contributed by atoms with Gasteiger partial charge >= 0.3 is 0 Å². The maximum absolute atomic E-state index is 8.69. The van der Waals surface area contributed by atoms with Crippen LogP contribution in [-0.4, -0.2) is 24.0 Å². The molecule has 0 aromatic heterocycles. The fourth-order valence-electron chi connectivity index (χ4n) is 3.09. The Morgan fingerprint density at radius 1 is 1.36 bits per heavy atom. The molecule has 3 unspecified atom stereocenters. The quantitative estimate of drug-likeness (QED) is 0.672. The number of nitriles is 1. The van der Waals surface area contributed by atoms with Crippen LogP contribution in [0.25, 0.3) is 0 Å². The van der Waals surface area contributed by atoms with Crippen molar-refractivity contribution in [2.24, 2.45) is 11.8 Å². The van der Waals surface area contributed by atoms with Crippen molar-refractivity contribution in [3.05, 3.63) is 0 Å². The van der Waals surface area contributed by atoms with Crippen molar-refractivity contribution in [1.82, 2.24) is 4.90 Å². The molecule has 1 heterocycles. The Morgan fingerprint density at radius 2 is 2.00 bits per heavy atom. The number of piperidine rings is 1. The summed E-state index contributed by atoms with van der Waals surface area (Å²) in [6.45, 7) is 4.70. The Kier molecular flexibility index (Phi) is 3.08. The summed E-state index contributed by atoms with van der Waals surface area (Å²) in [7, 11) is 0. The van der Waals surface area contributed by atoms with Crippen LogP contribution in [0.4, 0.5) is 0 Å². The predicted molar refractivity (Wildman–Crippen MR) is 56.7 cm³/mol. The molecule has 2 nitrogen and oxygen atoms in total. The molecule has 78 valence electrons. The van der Waals surface area contributed by atoms with E-state index in [4.69, 9.17) is 5.26 Å². The van der Waals surface area contributed by atoms with E-state index in [2.05, 4.69) is 17.9 Å². The van der Waals surface area contributed by atoms with Gasteiger partial charge in [-0.15, -0.1) is 0 Å². The molecule has 3 atom stereocenters. The van der Waals surface area contributed by atoms with E-state index in [0.717, 1.165) is 11.8 Å². The second kappa shape index (κ2) is 4.31. The van der Waals surface area contributed by atoms with Crippen LogP contribution in [0.5, 0.6) is 0 Å². The average Bonchev–Trinajstić information content (AvgIpc) is 2.17. The molecule has 0 aromatic rings. The minimum Gasteiger partial charge on any atom is -0.299 e. The number of fused-ring (bicyclic) bond motifs is 2. The number of nitrogens with zero attached hydrogens (tertiary/aromatic N) is 2. The molecule has 2 fully saturated rings. The minimum atomic E-state index is 0.475. The van der Waals surface area contributed by atoms with Gasteiger partial charge in [0, 0.05) is 19.1 Å². The summed E-state index contributed by atoms with van der Waals surface area (Å²) in [5, 5.41) is 8.69. The summed E-state index contributed by atoms with van der Waals surface area (Å²) < 4.78 is 0. The van der Waals surface area contributed by atoms with Gasteiger partial charge in [0.2, 0.25) is 0 Å². The lowest BCUT2D eigenvalue weighted by atomic mass is 9.77. The molecule has 0 aromatic carbocycles. The highest BCUT2D eigenvalue weighted by atomic mass is 15.2. The largest absolute Gasteiger partial charge is 0.299 e. The number of likely N-dealkylation sites (tertiary alicyclic amines) is 1. The maximum atomic E-state index is 8.69. The standard InChI is InChI=1S/C12H20N2/c1-10(5-6-13)14-8-11-3-2-4-12(7-11)9-14/h10-12H,2-5,7-9H2,1H3. The van der Waals surface area contributed by atoms with E-state index >= 15 is 0 Å². The van der Waals surface area contributed by atoms with Gasteiger partial charge in [-0.1, -0.05) is 6.42 Å². The van der Waals surface area contributed by atoms with Gasteiger partial charge in [0.05, 0.1) is 12.5 Å². The number of hydrogen-bond acceptors (Lipinski definition) is 2. The molecule has 0 radical (unpaired) electrons. The monoisotopic (exact) mass is 192 g/mol. The van der Waals surface area contributed by atoms with Crippen LogP contribution in [0.1, 0.15) is 39.0 Å². The van der Waals surface area contributed by atoms with Gasteiger partial charge in [0.15, 0.2) is 0 Å². The average molecular weight is 192 g/mol. The molecule has 0 spiro atoms. The van der Waals surface area contributed by atoms with Gasteiger partial charge in [-0.2, -0.15) is 5.26 Å². The first-order chi connectivity index (χ1) is 6.79. The molecule has 2 rings (SSSR count). The summed E-state index contributed by atoms with van der Waals surface area (Å²) in [6, 6.07) is 2.76. The second-order valence-corrected chi connectivity index (χ2v) is 5.06. The number of hydrogen-bond donors (Lipinski definition) is 0. The van der Waals surface area contributed by atoms with Crippen LogP contribution in [0, 0.1) is 23.2 Å². The van der Waals surface area contributed by atoms with E-state index in [-0.39, 0.29) is 0 Å². The molecule has 1 aliphatic heterocycles. The van der Waals surface area contributed by atoms with Gasteiger partial charge in [0.1, 0.15) is 0 Å². The third kappa shape index (κ3) is 2.09. The zero-order chi connectivity index (χ0) is 9.97. The van der Waals surface area contributed by atoms with Crippen LogP contribution < -0.4 is 0 Å². The smallest absolute Gasteiger partial charge is 0.0638 e. The van der Waals surface area contributed by atoms with Crippen molar-refractivity contribution >= 4 is 0 Å². The summed E-state index contributed by atoms with van der Waals surface area (Å²) >= 11 is 0. The summed E-state index contributed by atoms with van der Waals surface area (Å²) in [6.07, 6.45) is 6.43. The SMILES string of the molecule is CC(CC#N)N1CC2CCCC(C2)C1. The number of rotatable bonds is 2. The molecule has 0 N–H and O–H groups in total. The van der Waals surface area contributed by atoms with Gasteiger partial charge < -0.3 is 0 Å². The van der Waals surface area contributed by atoms with Gasteiger partial charge in [0.25, 0.3) is 0 Å². The molecule has 2 aliphatic rings. The van der Waals surface area contributed by atoms with E-state index < -0.39 is 0 Å². The normalized spacial score (nSPS) is 34.9. The van der Waals surface area contributed by atoms with Crippen LogP contribution in [0.3, 0.4) is 0 Å². The van der Waals surface area contributed by atoms with Crippen molar-refractivity contribution < 1.29 is 0 Å². The first kappa shape index (κ1) is 9.98. The lowest BCUT2D eigenvalue weighted by Crippen LogP contribution is -2.46. The molecule has 2 bridgehead atoms. The Balaban J connectivity index is 1.92. The molecular formula is C12H20N2. The third-order valence-electron chi connectivity index (χ3n) is 3.89. The highest BCUT2D eigenvalue weighted by molar-refractivity contribution is 4.88. The van der Waals surface area contributed by atoms with Crippen molar-refractivity contribution in [2.75, 3.05) is 13.1 Å². The molecule has 1 saturated carbocycles. The Hall–Kier alpha value is -0.550. The van der Waals surface area contributed by atoms with Crippen LogP contribution in [-0.2, 0) is 0 Å². The zero-order valence-electron chi connectivity index (χ0n) is 9.08. The Labute approximate surface area is 86.9 Å².